The summed E-state index contributed by atoms with van der Waals surface area (Å²) < 4.78 is 15.1. The number of unbranched alkanes of at least 4 members (excludes halogenated alkanes) is 2. The van der Waals surface area contributed by atoms with Crippen LogP contribution in [0.3, 0.4) is 0 Å². The number of hydrogen-bond acceptors (Lipinski definition) is 8. The highest BCUT2D eigenvalue weighted by Gasteiger charge is 2.32. The third kappa shape index (κ3) is 9.11. The van der Waals surface area contributed by atoms with Gasteiger partial charge >= 0.3 is 5.97 Å². The number of carbonyl (C=O) groups excluding carboxylic acids is 1. The molecular formula is C33H36N2O6S2. The van der Waals surface area contributed by atoms with Gasteiger partial charge in [-0.15, -0.1) is 11.3 Å². The van der Waals surface area contributed by atoms with Gasteiger partial charge in [0, 0.05) is 37.1 Å². The lowest BCUT2D eigenvalue weighted by atomic mass is 10.0. The topological polar surface area (TPSA) is 118 Å². The van der Waals surface area contributed by atoms with Crippen molar-refractivity contribution in [3.05, 3.63) is 95.1 Å². The number of fused-ring (bicyclic) bond motifs is 1. The molecule has 0 bridgehead atoms. The van der Waals surface area contributed by atoms with Gasteiger partial charge in [0.1, 0.15) is 0 Å². The van der Waals surface area contributed by atoms with Crippen molar-refractivity contribution in [3.63, 3.8) is 0 Å². The molecule has 43 heavy (non-hydrogen) atoms. The fraction of sp³-hybridized carbons (Fsp3) is 0.364. The monoisotopic (exact) mass is 620 g/mol. The van der Waals surface area contributed by atoms with Crippen LogP contribution in [-0.2, 0) is 32.2 Å². The fourth-order valence-corrected chi connectivity index (χ4v) is 7.03. The SMILES string of the molecule is O=C(O)CCCCCC(=O)NCc1ccc(C2OC(CSc3nc4ccccc4s3)CC(c3ccc(CO)cc3)O2)cc1. The Balaban J connectivity index is 1.20. The molecule has 8 nitrogen and oxygen atoms in total. The summed E-state index contributed by atoms with van der Waals surface area (Å²) in [6, 6.07) is 23.9. The highest BCUT2D eigenvalue weighted by Crippen LogP contribution is 2.40. The highest BCUT2D eigenvalue weighted by atomic mass is 32.2. The Morgan fingerprint density at radius 2 is 1.63 bits per heavy atom. The minimum atomic E-state index is -0.803. The predicted octanol–water partition coefficient (Wildman–Crippen LogP) is 6.78. The Hall–Kier alpha value is -3.28. The summed E-state index contributed by atoms with van der Waals surface area (Å²) in [5.41, 5.74) is 4.78. The number of amides is 1. The number of hydrogen-bond donors (Lipinski definition) is 3. The molecule has 0 spiro atoms. The van der Waals surface area contributed by atoms with Crippen molar-refractivity contribution in [1.82, 2.24) is 10.3 Å². The average Bonchev–Trinajstić information content (AvgIpc) is 3.46. The van der Waals surface area contributed by atoms with Crippen molar-refractivity contribution < 1.29 is 29.3 Å². The van der Waals surface area contributed by atoms with Gasteiger partial charge in [0.05, 0.1) is 29.0 Å². The number of aliphatic hydroxyl groups is 1. The number of thioether (sulfide) groups is 1. The maximum absolute atomic E-state index is 12.2. The van der Waals surface area contributed by atoms with Crippen molar-refractivity contribution in [1.29, 1.82) is 0 Å². The molecule has 1 fully saturated rings. The second-order valence-electron chi connectivity index (χ2n) is 10.6. The quantitative estimate of drug-likeness (QED) is 0.104. The standard InChI is InChI=1S/C33H36N2O6S2/c36-20-23-12-14-24(15-13-23)28-18-26(21-42-33-35-27-6-4-5-7-29(27)43-33)40-32(41-28)25-16-10-22(11-17-25)19-34-30(37)8-2-1-3-9-31(38)39/h4-7,10-17,26,28,32,36H,1-3,8-9,18-21H2,(H,34,37)(H,38,39). The molecule has 1 amide bonds. The molecule has 1 saturated heterocycles. The van der Waals surface area contributed by atoms with Gasteiger partial charge < -0.3 is 25.0 Å². The molecule has 0 radical (unpaired) electrons. The Morgan fingerprint density at radius 3 is 2.37 bits per heavy atom. The van der Waals surface area contributed by atoms with E-state index in [-0.39, 0.29) is 31.1 Å². The van der Waals surface area contributed by atoms with E-state index in [0.29, 0.717) is 32.2 Å². The third-order valence-electron chi connectivity index (χ3n) is 7.32. The molecule has 0 saturated carbocycles. The van der Waals surface area contributed by atoms with Crippen LogP contribution >= 0.6 is 23.1 Å². The van der Waals surface area contributed by atoms with Crippen molar-refractivity contribution in [2.24, 2.45) is 0 Å². The maximum Gasteiger partial charge on any atom is 0.303 e. The summed E-state index contributed by atoms with van der Waals surface area (Å²) in [6.07, 6.45) is 2.44. The van der Waals surface area contributed by atoms with E-state index >= 15 is 0 Å². The van der Waals surface area contributed by atoms with Crippen molar-refractivity contribution >= 4 is 45.2 Å². The lowest BCUT2D eigenvalue weighted by Crippen LogP contribution is -2.31. The normalized spacial score (nSPS) is 18.5. The van der Waals surface area contributed by atoms with E-state index in [4.69, 9.17) is 19.6 Å². The maximum atomic E-state index is 12.2. The van der Waals surface area contributed by atoms with Gasteiger partial charge in [-0.3, -0.25) is 9.59 Å². The lowest BCUT2D eigenvalue weighted by molar-refractivity contribution is -0.245. The first-order chi connectivity index (χ1) is 21.0. The summed E-state index contributed by atoms with van der Waals surface area (Å²) in [6.45, 7) is 0.417. The molecule has 3 N–H and O–H groups in total. The molecule has 226 valence electrons. The molecule has 1 aromatic heterocycles. The second-order valence-corrected chi connectivity index (χ2v) is 12.9. The van der Waals surface area contributed by atoms with Crippen LogP contribution in [0.1, 0.15) is 73.2 Å². The van der Waals surface area contributed by atoms with Gasteiger partial charge in [-0.05, 0) is 41.7 Å². The number of aliphatic carboxylic acids is 1. The molecule has 1 aliphatic rings. The molecule has 3 aromatic carbocycles. The van der Waals surface area contributed by atoms with Crippen LogP contribution in [0.4, 0.5) is 0 Å². The molecule has 2 heterocycles. The van der Waals surface area contributed by atoms with Crippen molar-refractivity contribution in [3.8, 4) is 0 Å². The van der Waals surface area contributed by atoms with E-state index in [1.54, 1.807) is 23.1 Å². The Morgan fingerprint density at radius 1 is 0.907 bits per heavy atom. The minimum Gasteiger partial charge on any atom is -0.481 e. The smallest absolute Gasteiger partial charge is 0.303 e. The van der Waals surface area contributed by atoms with Gasteiger partial charge in [0.15, 0.2) is 10.6 Å². The summed E-state index contributed by atoms with van der Waals surface area (Å²) in [5, 5.41) is 21.1. The van der Waals surface area contributed by atoms with Crippen molar-refractivity contribution in [2.75, 3.05) is 5.75 Å². The molecular weight excluding hydrogens is 585 g/mol. The van der Waals surface area contributed by atoms with Crippen LogP contribution in [0.5, 0.6) is 0 Å². The van der Waals surface area contributed by atoms with E-state index in [0.717, 1.165) is 44.3 Å². The molecule has 0 aliphatic carbocycles. The summed E-state index contributed by atoms with van der Waals surface area (Å²) in [5.74, 6) is -0.101. The molecule has 10 heteroatoms. The zero-order valence-corrected chi connectivity index (χ0v) is 25.4. The average molecular weight is 621 g/mol. The molecule has 5 rings (SSSR count). The number of aromatic nitrogens is 1. The summed E-state index contributed by atoms with van der Waals surface area (Å²) >= 11 is 3.39. The number of nitrogens with zero attached hydrogens (tertiary/aromatic N) is 1. The fourth-order valence-electron chi connectivity index (χ4n) is 4.92. The number of para-hydroxylation sites is 1. The number of aliphatic hydroxyl groups excluding tert-OH is 1. The van der Waals surface area contributed by atoms with Crippen LogP contribution < -0.4 is 5.32 Å². The number of carboxylic acid groups (broad SMARTS) is 1. The predicted molar refractivity (Wildman–Crippen MR) is 168 cm³/mol. The van der Waals surface area contributed by atoms with Crippen LogP contribution in [0.2, 0.25) is 0 Å². The molecule has 3 atom stereocenters. The molecule has 3 unspecified atom stereocenters. The Kier molecular flexibility index (Phi) is 11.2. The van der Waals surface area contributed by atoms with Gasteiger partial charge in [-0.25, -0.2) is 4.98 Å². The lowest BCUT2D eigenvalue weighted by Gasteiger charge is -2.36. The van der Waals surface area contributed by atoms with Crippen LogP contribution in [0.15, 0.2) is 77.1 Å². The van der Waals surface area contributed by atoms with E-state index in [9.17, 15) is 14.7 Å². The summed E-state index contributed by atoms with van der Waals surface area (Å²) in [7, 11) is 0. The first kappa shape index (κ1) is 31.2. The third-order valence-corrected chi connectivity index (χ3v) is 9.63. The second kappa shape index (κ2) is 15.4. The van der Waals surface area contributed by atoms with Crippen LogP contribution in [0, 0.1) is 0 Å². The molecule has 1 aliphatic heterocycles. The van der Waals surface area contributed by atoms with Gasteiger partial charge in [-0.1, -0.05) is 78.8 Å². The van der Waals surface area contributed by atoms with Crippen LogP contribution in [-0.4, -0.2) is 38.9 Å². The largest absolute Gasteiger partial charge is 0.481 e. The van der Waals surface area contributed by atoms with E-state index in [2.05, 4.69) is 11.4 Å². The van der Waals surface area contributed by atoms with E-state index in [1.165, 1.54) is 4.70 Å². The number of carbonyl (C=O) groups is 2. The highest BCUT2D eigenvalue weighted by molar-refractivity contribution is 8.01. The first-order valence-corrected chi connectivity index (χ1v) is 16.3. The summed E-state index contributed by atoms with van der Waals surface area (Å²) in [4.78, 5) is 27.6. The number of nitrogens with one attached hydrogen (secondary N) is 1. The zero-order valence-electron chi connectivity index (χ0n) is 23.8. The number of thiazole rings is 1. The van der Waals surface area contributed by atoms with Gasteiger partial charge in [0.25, 0.3) is 0 Å². The van der Waals surface area contributed by atoms with E-state index < -0.39 is 12.3 Å². The molecule has 4 aromatic rings. The Bertz CT molecular complexity index is 1460. The van der Waals surface area contributed by atoms with Crippen molar-refractivity contribution in [2.45, 2.75) is 74.5 Å². The number of carboxylic acids is 1. The number of benzene rings is 3. The van der Waals surface area contributed by atoms with E-state index in [1.807, 2.05) is 66.7 Å². The first-order valence-electron chi connectivity index (χ1n) is 14.5. The van der Waals surface area contributed by atoms with Gasteiger partial charge in [0.2, 0.25) is 5.91 Å². The number of ether oxygens (including phenoxy) is 2. The number of rotatable bonds is 14. The van der Waals surface area contributed by atoms with Gasteiger partial charge in [-0.2, -0.15) is 0 Å². The minimum absolute atomic E-state index is 0.00142. The Labute approximate surface area is 259 Å². The van der Waals surface area contributed by atoms with Crippen LogP contribution in [0.25, 0.3) is 10.2 Å². The zero-order chi connectivity index (χ0) is 30.0.